The number of para-hydroxylation sites is 1. The summed E-state index contributed by atoms with van der Waals surface area (Å²) in [6.45, 7) is 3.88. The lowest BCUT2D eigenvalue weighted by Crippen LogP contribution is -2.26. The van der Waals surface area contributed by atoms with Crippen molar-refractivity contribution in [2.45, 2.75) is 20.4 Å². The van der Waals surface area contributed by atoms with Crippen molar-refractivity contribution in [3.05, 3.63) is 52.6 Å². The fourth-order valence-electron chi connectivity index (χ4n) is 2.91. The number of nitrogens with zero attached hydrogens (tertiary/aromatic N) is 3. The zero-order valence-electron chi connectivity index (χ0n) is 13.9. The number of aromatic nitrogens is 3. The van der Waals surface area contributed by atoms with Crippen LogP contribution in [0, 0.1) is 6.92 Å². The van der Waals surface area contributed by atoms with Crippen LogP contribution in [0.4, 0.5) is 0 Å². The second kappa shape index (κ2) is 6.31. The number of carbonyl (C=O) groups is 1. The number of ether oxygens (including phenoxy) is 1. The van der Waals surface area contributed by atoms with Gasteiger partial charge >= 0.3 is 11.7 Å². The van der Waals surface area contributed by atoms with E-state index in [1.807, 2.05) is 37.3 Å². The van der Waals surface area contributed by atoms with Crippen LogP contribution >= 0.6 is 0 Å². The van der Waals surface area contributed by atoms with E-state index in [2.05, 4.69) is 4.98 Å². The lowest BCUT2D eigenvalue weighted by Gasteiger charge is -2.09. The molecule has 0 aliphatic rings. The van der Waals surface area contributed by atoms with Crippen LogP contribution in [0.3, 0.4) is 0 Å². The Hall–Kier alpha value is -2.89. The summed E-state index contributed by atoms with van der Waals surface area (Å²) in [6, 6.07) is 9.51. The van der Waals surface area contributed by atoms with Gasteiger partial charge in [0.15, 0.2) is 0 Å². The minimum atomic E-state index is -0.431. The topological polar surface area (TPSA) is 66.1 Å². The standard InChI is InChI=1S/C18H19N3O3/c1-4-24-15(22)11-21-17-13(16-12(2)7-6-10-19-16)8-5-9-14(17)20(3)18(21)23/h5-10H,4,11H2,1-3H3. The average Bonchev–Trinajstić information content (AvgIpc) is 2.81. The van der Waals surface area contributed by atoms with E-state index >= 15 is 0 Å². The van der Waals surface area contributed by atoms with Gasteiger partial charge in [0.05, 0.1) is 23.3 Å². The molecule has 0 atom stereocenters. The van der Waals surface area contributed by atoms with Gasteiger partial charge in [-0.1, -0.05) is 18.2 Å². The van der Waals surface area contributed by atoms with Gasteiger partial charge in [-0.15, -0.1) is 0 Å². The Morgan fingerprint density at radius 3 is 2.75 bits per heavy atom. The van der Waals surface area contributed by atoms with Gasteiger partial charge in [-0.05, 0) is 31.5 Å². The second-order valence-corrected chi connectivity index (χ2v) is 5.57. The predicted octanol–water partition coefficient (Wildman–Crippen LogP) is 2.27. The Balaban J connectivity index is 2.29. The van der Waals surface area contributed by atoms with E-state index in [1.165, 1.54) is 9.13 Å². The highest BCUT2D eigenvalue weighted by atomic mass is 16.5. The Morgan fingerprint density at radius 2 is 2.04 bits per heavy atom. The van der Waals surface area contributed by atoms with Crippen LogP contribution in [0.25, 0.3) is 22.3 Å². The summed E-state index contributed by atoms with van der Waals surface area (Å²) in [5, 5.41) is 0. The van der Waals surface area contributed by atoms with Crippen molar-refractivity contribution in [2.24, 2.45) is 7.05 Å². The smallest absolute Gasteiger partial charge is 0.329 e. The van der Waals surface area contributed by atoms with Crippen LogP contribution in [-0.2, 0) is 23.1 Å². The second-order valence-electron chi connectivity index (χ2n) is 5.57. The maximum Gasteiger partial charge on any atom is 0.329 e. The quantitative estimate of drug-likeness (QED) is 0.690. The molecule has 0 unspecified atom stereocenters. The normalized spacial score (nSPS) is 11.0. The molecule has 0 radical (unpaired) electrons. The molecule has 6 nitrogen and oxygen atoms in total. The van der Waals surface area contributed by atoms with Crippen LogP contribution in [0.5, 0.6) is 0 Å². The number of esters is 1. The van der Waals surface area contributed by atoms with E-state index in [1.54, 1.807) is 20.2 Å². The van der Waals surface area contributed by atoms with Crippen molar-refractivity contribution in [2.75, 3.05) is 6.61 Å². The number of imidazole rings is 1. The molecule has 0 spiro atoms. The summed E-state index contributed by atoms with van der Waals surface area (Å²) < 4.78 is 8.00. The predicted molar refractivity (Wildman–Crippen MR) is 91.8 cm³/mol. The summed E-state index contributed by atoms with van der Waals surface area (Å²) in [5.74, 6) is -0.431. The Bertz CT molecular complexity index is 969. The maximum atomic E-state index is 12.6. The Labute approximate surface area is 139 Å². The fourth-order valence-corrected chi connectivity index (χ4v) is 2.91. The molecule has 124 valence electrons. The summed E-state index contributed by atoms with van der Waals surface area (Å²) >= 11 is 0. The van der Waals surface area contributed by atoms with Crippen LogP contribution in [0.15, 0.2) is 41.3 Å². The van der Waals surface area contributed by atoms with Gasteiger partial charge in [0.25, 0.3) is 0 Å². The van der Waals surface area contributed by atoms with Gasteiger partial charge in [-0.2, -0.15) is 0 Å². The van der Waals surface area contributed by atoms with Crippen molar-refractivity contribution >= 4 is 17.0 Å². The number of hydrogen-bond acceptors (Lipinski definition) is 4. The number of benzene rings is 1. The largest absolute Gasteiger partial charge is 0.465 e. The van der Waals surface area contributed by atoms with Crippen molar-refractivity contribution in [3.8, 4) is 11.3 Å². The fraction of sp³-hybridized carbons (Fsp3) is 0.278. The molecule has 2 heterocycles. The number of aryl methyl sites for hydroxylation is 2. The van der Waals surface area contributed by atoms with Gasteiger partial charge in [-0.3, -0.25) is 18.9 Å². The molecule has 0 amide bonds. The van der Waals surface area contributed by atoms with Crippen LogP contribution in [-0.4, -0.2) is 26.7 Å². The van der Waals surface area contributed by atoms with Gasteiger partial charge in [0.1, 0.15) is 6.54 Å². The Morgan fingerprint density at radius 1 is 1.25 bits per heavy atom. The molecule has 0 aliphatic heterocycles. The molecule has 0 saturated carbocycles. The first-order valence-corrected chi connectivity index (χ1v) is 7.80. The van der Waals surface area contributed by atoms with E-state index in [0.717, 1.165) is 22.3 Å². The first-order valence-electron chi connectivity index (χ1n) is 7.80. The SMILES string of the molecule is CCOC(=O)Cn1c(=O)n(C)c2cccc(-c3ncccc3C)c21. The van der Waals surface area contributed by atoms with E-state index < -0.39 is 5.97 Å². The van der Waals surface area contributed by atoms with Crippen LogP contribution < -0.4 is 5.69 Å². The maximum absolute atomic E-state index is 12.6. The molecule has 3 rings (SSSR count). The highest BCUT2D eigenvalue weighted by Gasteiger charge is 2.19. The first kappa shape index (κ1) is 16.0. The van der Waals surface area contributed by atoms with E-state index in [9.17, 15) is 9.59 Å². The van der Waals surface area contributed by atoms with Crippen molar-refractivity contribution in [3.63, 3.8) is 0 Å². The Kier molecular flexibility index (Phi) is 4.20. The third-order valence-corrected chi connectivity index (χ3v) is 4.02. The zero-order valence-corrected chi connectivity index (χ0v) is 13.9. The van der Waals surface area contributed by atoms with Crippen molar-refractivity contribution in [1.29, 1.82) is 0 Å². The summed E-state index contributed by atoms with van der Waals surface area (Å²) in [6.07, 6.45) is 1.72. The minimum Gasteiger partial charge on any atom is -0.465 e. The van der Waals surface area contributed by atoms with E-state index in [4.69, 9.17) is 4.74 Å². The van der Waals surface area contributed by atoms with Crippen LogP contribution in [0.1, 0.15) is 12.5 Å². The van der Waals surface area contributed by atoms with Gasteiger partial charge in [0.2, 0.25) is 0 Å². The molecule has 0 saturated heterocycles. The molecule has 2 aromatic heterocycles. The number of carbonyl (C=O) groups excluding carboxylic acids is 1. The summed E-state index contributed by atoms with van der Waals surface area (Å²) in [4.78, 5) is 29.0. The third-order valence-electron chi connectivity index (χ3n) is 4.02. The highest BCUT2D eigenvalue weighted by molar-refractivity contribution is 5.93. The van der Waals surface area contributed by atoms with Gasteiger partial charge in [-0.25, -0.2) is 4.79 Å². The number of pyridine rings is 1. The molecule has 3 aromatic rings. The van der Waals surface area contributed by atoms with Crippen molar-refractivity contribution in [1.82, 2.24) is 14.1 Å². The number of rotatable bonds is 4. The lowest BCUT2D eigenvalue weighted by atomic mass is 10.1. The summed E-state index contributed by atoms with van der Waals surface area (Å²) in [5.41, 5.74) is 3.83. The molecule has 0 bridgehead atoms. The molecule has 6 heteroatoms. The molecular weight excluding hydrogens is 306 g/mol. The van der Waals surface area contributed by atoms with Gasteiger partial charge in [0, 0.05) is 18.8 Å². The molecule has 24 heavy (non-hydrogen) atoms. The van der Waals surface area contributed by atoms with E-state index in [-0.39, 0.29) is 18.8 Å². The molecule has 0 aliphatic carbocycles. The zero-order chi connectivity index (χ0) is 17.3. The molecule has 1 aromatic carbocycles. The molecular formula is C18H19N3O3. The van der Waals surface area contributed by atoms with E-state index in [0.29, 0.717) is 5.52 Å². The average molecular weight is 325 g/mol. The minimum absolute atomic E-state index is 0.118. The molecule has 0 N–H and O–H groups in total. The first-order chi connectivity index (χ1) is 11.5. The highest BCUT2D eigenvalue weighted by Crippen LogP contribution is 2.28. The summed E-state index contributed by atoms with van der Waals surface area (Å²) in [7, 11) is 1.70. The number of hydrogen-bond donors (Lipinski definition) is 0. The van der Waals surface area contributed by atoms with Gasteiger partial charge < -0.3 is 4.74 Å². The molecule has 0 fully saturated rings. The number of fused-ring (bicyclic) bond motifs is 1. The lowest BCUT2D eigenvalue weighted by molar-refractivity contribution is -0.143. The monoisotopic (exact) mass is 325 g/mol. The van der Waals surface area contributed by atoms with Crippen LogP contribution in [0.2, 0.25) is 0 Å². The third kappa shape index (κ3) is 2.60. The van der Waals surface area contributed by atoms with Crippen molar-refractivity contribution < 1.29 is 9.53 Å².